The number of nitrogens with zero attached hydrogens (tertiary/aromatic N) is 6. The first-order valence-electron chi connectivity index (χ1n) is 13.5. The standard InChI is InChI=1S/C27H41N7O3/c1-6-20(35-5)12-14-33(7-2)27-28-13-11-23(32-27)31-24-16-22-21(17-29-24)30-25(34(22)19(3)4)18-37-26-10-8-9-15-36-26/h11,13,16-17,19-20,26H,6-10,12,14-15,18H2,1-5H3,(H,28,29,31,32)/t20-,26?/m0/s1. The summed E-state index contributed by atoms with van der Waals surface area (Å²) in [6.45, 7) is 11.4. The quantitative estimate of drug-likeness (QED) is 0.331. The van der Waals surface area contributed by atoms with Crippen molar-refractivity contribution in [2.24, 2.45) is 0 Å². The van der Waals surface area contributed by atoms with Gasteiger partial charge < -0.3 is 29.0 Å². The van der Waals surface area contributed by atoms with Gasteiger partial charge in [0.1, 0.15) is 29.6 Å². The van der Waals surface area contributed by atoms with E-state index in [0.717, 1.165) is 68.7 Å². The molecule has 0 amide bonds. The normalized spacial score (nSPS) is 16.9. The smallest absolute Gasteiger partial charge is 0.227 e. The molecule has 202 valence electrons. The van der Waals surface area contributed by atoms with Crippen molar-refractivity contribution in [3.63, 3.8) is 0 Å². The van der Waals surface area contributed by atoms with Crippen LogP contribution in [0, 0.1) is 0 Å². The van der Waals surface area contributed by atoms with Crippen molar-refractivity contribution in [2.45, 2.75) is 84.8 Å². The number of hydrogen-bond donors (Lipinski definition) is 1. The molecule has 0 aromatic carbocycles. The molecule has 0 aliphatic carbocycles. The lowest BCUT2D eigenvalue weighted by Gasteiger charge is -2.23. The minimum atomic E-state index is -0.151. The molecule has 4 rings (SSSR count). The fourth-order valence-corrected chi connectivity index (χ4v) is 4.69. The van der Waals surface area contributed by atoms with Crippen molar-refractivity contribution in [1.82, 2.24) is 24.5 Å². The largest absolute Gasteiger partial charge is 0.381 e. The van der Waals surface area contributed by atoms with Crippen LogP contribution in [-0.4, -0.2) is 63.7 Å². The molecule has 3 aromatic rings. The molecule has 0 radical (unpaired) electrons. The summed E-state index contributed by atoms with van der Waals surface area (Å²) >= 11 is 0. The summed E-state index contributed by atoms with van der Waals surface area (Å²) in [5.74, 6) is 2.97. The van der Waals surface area contributed by atoms with Crippen molar-refractivity contribution in [1.29, 1.82) is 0 Å². The molecule has 4 heterocycles. The highest BCUT2D eigenvalue weighted by Gasteiger charge is 2.19. The molecule has 1 aliphatic heterocycles. The van der Waals surface area contributed by atoms with Gasteiger partial charge in [0.05, 0.1) is 17.8 Å². The molecular formula is C27H41N7O3. The van der Waals surface area contributed by atoms with Crippen LogP contribution in [0.15, 0.2) is 24.5 Å². The number of methoxy groups -OCH3 is 1. The Morgan fingerprint density at radius 2 is 2.05 bits per heavy atom. The third-order valence-electron chi connectivity index (χ3n) is 6.77. The minimum Gasteiger partial charge on any atom is -0.381 e. The van der Waals surface area contributed by atoms with Crippen LogP contribution in [0.1, 0.15) is 71.7 Å². The third kappa shape index (κ3) is 6.94. The zero-order valence-corrected chi connectivity index (χ0v) is 22.8. The van der Waals surface area contributed by atoms with Gasteiger partial charge in [0.15, 0.2) is 6.29 Å². The average molecular weight is 512 g/mol. The van der Waals surface area contributed by atoms with E-state index < -0.39 is 0 Å². The number of ether oxygens (including phenoxy) is 3. The highest BCUT2D eigenvalue weighted by molar-refractivity contribution is 5.79. The molecule has 1 N–H and O–H groups in total. The molecular weight excluding hydrogens is 470 g/mol. The van der Waals surface area contributed by atoms with E-state index in [0.29, 0.717) is 24.2 Å². The second-order valence-electron chi connectivity index (χ2n) is 9.66. The molecule has 3 aromatic heterocycles. The van der Waals surface area contributed by atoms with Gasteiger partial charge in [-0.05, 0) is 58.9 Å². The van der Waals surface area contributed by atoms with Gasteiger partial charge in [-0.3, -0.25) is 0 Å². The average Bonchev–Trinajstić information content (AvgIpc) is 3.29. The van der Waals surface area contributed by atoms with Crippen LogP contribution in [0.4, 0.5) is 17.6 Å². The summed E-state index contributed by atoms with van der Waals surface area (Å²) in [4.78, 5) is 20.8. The maximum Gasteiger partial charge on any atom is 0.227 e. The lowest BCUT2D eigenvalue weighted by molar-refractivity contribution is -0.170. The van der Waals surface area contributed by atoms with Crippen molar-refractivity contribution in [3.8, 4) is 0 Å². The van der Waals surface area contributed by atoms with Gasteiger partial charge in [-0.1, -0.05) is 6.92 Å². The first-order chi connectivity index (χ1) is 18.0. The molecule has 10 nitrogen and oxygen atoms in total. The number of fused-ring (bicyclic) bond motifs is 1. The summed E-state index contributed by atoms with van der Waals surface area (Å²) in [7, 11) is 1.77. The van der Waals surface area contributed by atoms with Gasteiger partial charge in [-0.15, -0.1) is 0 Å². The number of imidazole rings is 1. The van der Waals surface area contributed by atoms with Crippen molar-refractivity contribution in [3.05, 3.63) is 30.4 Å². The van der Waals surface area contributed by atoms with E-state index in [4.69, 9.17) is 24.2 Å². The van der Waals surface area contributed by atoms with Crippen LogP contribution in [0.5, 0.6) is 0 Å². The highest BCUT2D eigenvalue weighted by atomic mass is 16.7. The zero-order valence-electron chi connectivity index (χ0n) is 22.8. The first kappa shape index (κ1) is 27.2. The van der Waals surface area contributed by atoms with E-state index in [1.807, 2.05) is 12.1 Å². The number of rotatable bonds is 13. The summed E-state index contributed by atoms with van der Waals surface area (Å²) in [6.07, 6.45) is 8.75. The van der Waals surface area contributed by atoms with Crippen LogP contribution < -0.4 is 10.2 Å². The maximum absolute atomic E-state index is 6.04. The Morgan fingerprint density at radius 3 is 2.76 bits per heavy atom. The Kier molecular flexibility index (Phi) is 9.65. The molecule has 1 fully saturated rings. The van der Waals surface area contributed by atoms with E-state index >= 15 is 0 Å². The van der Waals surface area contributed by atoms with Gasteiger partial charge in [-0.2, -0.15) is 4.98 Å². The van der Waals surface area contributed by atoms with Gasteiger partial charge in [0.25, 0.3) is 0 Å². The molecule has 37 heavy (non-hydrogen) atoms. The SMILES string of the molecule is CC[C@@H](CCN(CC)c1nccc(Nc2cc3c(cn2)nc(COC2CCCCO2)n3C(C)C)n1)OC. The molecule has 2 atom stereocenters. The topological polar surface area (TPSA) is 99.5 Å². The van der Waals surface area contributed by atoms with E-state index in [2.05, 4.69) is 52.4 Å². The number of anilines is 3. The second kappa shape index (κ2) is 13.1. The molecule has 1 saturated heterocycles. The molecule has 1 aliphatic rings. The van der Waals surface area contributed by atoms with Crippen LogP contribution in [0.3, 0.4) is 0 Å². The van der Waals surface area contributed by atoms with Crippen LogP contribution >= 0.6 is 0 Å². The zero-order chi connectivity index (χ0) is 26.2. The lowest BCUT2D eigenvalue weighted by Crippen LogP contribution is -2.29. The van der Waals surface area contributed by atoms with Crippen molar-refractivity contribution in [2.75, 3.05) is 37.0 Å². The molecule has 0 saturated carbocycles. The Morgan fingerprint density at radius 1 is 1.19 bits per heavy atom. The lowest BCUT2D eigenvalue weighted by atomic mass is 10.2. The Bertz CT molecular complexity index is 1130. The number of nitrogens with one attached hydrogen (secondary N) is 1. The third-order valence-corrected chi connectivity index (χ3v) is 6.77. The summed E-state index contributed by atoms with van der Waals surface area (Å²) in [5.41, 5.74) is 1.84. The van der Waals surface area contributed by atoms with Crippen LogP contribution in [0.2, 0.25) is 0 Å². The van der Waals surface area contributed by atoms with E-state index in [1.54, 1.807) is 19.5 Å². The predicted octanol–water partition coefficient (Wildman–Crippen LogP) is 5.23. The maximum atomic E-state index is 6.04. The van der Waals surface area contributed by atoms with E-state index in [-0.39, 0.29) is 18.4 Å². The molecule has 0 bridgehead atoms. The first-order valence-corrected chi connectivity index (χ1v) is 13.5. The molecule has 1 unspecified atom stereocenters. The Labute approximate surface area is 219 Å². The Hall–Kier alpha value is -2.82. The van der Waals surface area contributed by atoms with Crippen LogP contribution in [0.25, 0.3) is 11.0 Å². The van der Waals surface area contributed by atoms with E-state index in [9.17, 15) is 0 Å². The van der Waals surface area contributed by atoms with E-state index in [1.165, 1.54) is 0 Å². The monoisotopic (exact) mass is 511 g/mol. The van der Waals surface area contributed by atoms with Gasteiger partial charge >= 0.3 is 0 Å². The number of pyridine rings is 1. The Balaban J connectivity index is 1.50. The summed E-state index contributed by atoms with van der Waals surface area (Å²) in [5, 5.41) is 3.36. The summed E-state index contributed by atoms with van der Waals surface area (Å²) in [6, 6.07) is 4.09. The van der Waals surface area contributed by atoms with Crippen LogP contribution in [-0.2, 0) is 20.8 Å². The van der Waals surface area contributed by atoms with Gasteiger partial charge in [0.2, 0.25) is 5.95 Å². The highest BCUT2D eigenvalue weighted by Crippen LogP contribution is 2.26. The fraction of sp³-hybridized carbons (Fsp3) is 0.630. The molecule has 0 spiro atoms. The van der Waals surface area contributed by atoms with Crippen molar-refractivity contribution < 1.29 is 14.2 Å². The fourth-order valence-electron chi connectivity index (χ4n) is 4.69. The molecule has 10 heteroatoms. The van der Waals surface area contributed by atoms with Gasteiger partial charge in [-0.25, -0.2) is 15.0 Å². The number of aromatic nitrogens is 5. The van der Waals surface area contributed by atoms with Crippen molar-refractivity contribution >= 4 is 28.6 Å². The minimum absolute atomic E-state index is 0.151. The predicted molar refractivity (Wildman–Crippen MR) is 145 cm³/mol. The summed E-state index contributed by atoms with van der Waals surface area (Å²) < 4.78 is 19.5. The van der Waals surface area contributed by atoms with Gasteiger partial charge in [0, 0.05) is 45.1 Å². The second-order valence-corrected chi connectivity index (χ2v) is 9.66. The number of hydrogen-bond acceptors (Lipinski definition) is 9.